The van der Waals surface area contributed by atoms with Crippen molar-refractivity contribution in [3.63, 3.8) is 0 Å². The largest absolute Gasteiger partial charge is 0.0651 e. The summed E-state index contributed by atoms with van der Waals surface area (Å²) in [5, 5.41) is 0. The topological polar surface area (TPSA) is 0 Å². The van der Waals surface area contributed by atoms with Crippen LogP contribution in [0.15, 0.2) is 0 Å². The van der Waals surface area contributed by atoms with Gasteiger partial charge in [-0.05, 0) is 47.8 Å². The smallest absolute Gasteiger partial charge is 0.0227 e. The van der Waals surface area contributed by atoms with Gasteiger partial charge in [-0.3, -0.25) is 0 Å². The van der Waals surface area contributed by atoms with Gasteiger partial charge in [0, 0.05) is 0 Å². The van der Waals surface area contributed by atoms with E-state index in [9.17, 15) is 0 Å². The Kier molecular flexibility index (Phi) is 1.09. The zero-order valence-corrected chi connectivity index (χ0v) is 8.56. The summed E-state index contributed by atoms with van der Waals surface area (Å²) in [5.74, 6) is 3.29. The molecule has 3 saturated carbocycles. The van der Waals surface area contributed by atoms with Crippen molar-refractivity contribution in [1.29, 1.82) is 0 Å². The molecule has 0 aromatic carbocycles. The van der Waals surface area contributed by atoms with E-state index >= 15 is 0 Å². The SMILES string of the molecule is CCC1CC2(CC3(C)CC32)C1C. The molecule has 5 unspecified atom stereocenters. The predicted molar refractivity (Wildman–Crippen MR) is 50.8 cm³/mol. The van der Waals surface area contributed by atoms with E-state index in [2.05, 4.69) is 20.8 Å². The first kappa shape index (κ1) is 7.41. The molecule has 0 nitrogen and oxygen atoms in total. The normalized spacial score (nSPS) is 66.8. The highest BCUT2D eigenvalue weighted by Crippen LogP contribution is 2.84. The third-order valence-corrected chi connectivity index (χ3v) is 5.56. The molecular weight excluding hydrogens is 144 g/mol. The fourth-order valence-electron chi connectivity index (χ4n) is 4.59. The van der Waals surface area contributed by atoms with Gasteiger partial charge in [-0.15, -0.1) is 0 Å². The molecule has 0 heteroatoms. The van der Waals surface area contributed by atoms with E-state index in [4.69, 9.17) is 0 Å². The first-order valence-electron chi connectivity index (χ1n) is 5.62. The third kappa shape index (κ3) is 0.561. The molecule has 5 atom stereocenters. The Bertz CT molecular complexity index is 232. The first-order chi connectivity index (χ1) is 5.62. The van der Waals surface area contributed by atoms with E-state index in [1.54, 1.807) is 19.3 Å². The van der Waals surface area contributed by atoms with Gasteiger partial charge in [0.1, 0.15) is 0 Å². The van der Waals surface area contributed by atoms with Crippen molar-refractivity contribution in [1.82, 2.24) is 0 Å². The Morgan fingerprint density at radius 3 is 2.42 bits per heavy atom. The van der Waals surface area contributed by atoms with Crippen molar-refractivity contribution in [2.45, 2.75) is 46.5 Å². The Morgan fingerprint density at radius 1 is 1.33 bits per heavy atom. The van der Waals surface area contributed by atoms with E-state index in [0.29, 0.717) is 0 Å². The Hall–Kier alpha value is 0. The van der Waals surface area contributed by atoms with Gasteiger partial charge in [-0.2, -0.15) is 0 Å². The van der Waals surface area contributed by atoms with Crippen molar-refractivity contribution in [2.75, 3.05) is 0 Å². The highest BCUT2D eigenvalue weighted by Gasteiger charge is 2.76. The van der Waals surface area contributed by atoms with Gasteiger partial charge in [-0.25, -0.2) is 0 Å². The van der Waals surface area contributed by atoms with E-state index in [0.717, 1.165) is 28.6 Å². The predicted octanol–water partition coefficient (Wildman–Crippen LogP) is 3.47. The summed E-state index contributed by atoms with van der Waals surface area (Å²) in [6.07, 6.45) is 6.13. The fraction of sp³-hybridized carbons (Fsp3) is 1.00. The van der Waals surface area contributed by atoms with Crippen molar-refractivity contribution < 1.29 is 0 Å². The quantitative estimate of drug-likeness (QED) is 0.556. The molecule has 0 aromatic heterocycles. The van der Waals surface area contributed by atoms with Crippen LogP contribution >= 0.6 is 0 Å². The molecule has 0 amide bonds. The molecule has 0 N–H and O–H groups in total. The van der Waals surface area contributed by atoms with Crippen molar-refractivity contribution >= 4 is 0 Å². The molecular formula is C12H20. The van der Waals surface area contributed by atoms with Crippen LogP contribution in [0, 0.1) is 28.6 Å². The average Bonchev–Trinajstić information content (AvgIpc) is 2.57. The lowest BCUT2D eigenvalue weighted by Gasteiger charge is -2.62. The minimum absolute atomic E-state index is 0.840. The van der Waals surface area contributed by atoms with Crippen LogP contribution in [0.4, 0.5) is 0 Å². The minimum Gasteiger partial charge on any atom is -0.0651 e. The number of hydrogen-bond acceptors (Lipinski definition) is 0. The molecule has 1 spiro atoms. The lowest BCUT2D eigenvalue weighted by atomic mass is 9.43. The van der Waals surface area contributed by atoms with Crippen LogP contribution in [0.5, 0.6) is 0 Å². The van der Waals surface area contributed by atoms with Gasteiger partial charge >= 0.3 is 0 Å². The van der Waals surface area contributed by atoms with Gasteiger partial charge < -0.3 is 0 Å². The van der Waals surface area contributed by atoms with Crippen molar-refractivity contribution in [3.05, 3.63) is 0 Å². The van der Waals surface area contributed by atoms with Crippen LogP contribution in [-0.4, -0.2) is 0 Å². The second-order valence-electron chi connectivity index (χ2n) is 5.98. The van der Waals surface area contributed by atoms with Gasteiger partial charge in [0.15, 0.2) is 0 Å². The molecule has 0 aliphatic heterocycles. The highest BCUT2D eigenvalue weighted by molar-refractivity contribution is 5.25. The maximum atomic E-state index is 2.51. The molecule has 3 aliphatic carbocycles. The number of fused-ring (bicyclic) bond motifs is 2. The van der Waals surface area contributed by atoms with Crippen LogP contribution in [0.2, 0.25) is 0 Å². The van der Waals surface area contributed by atoms with E-state index in [-0.39, 0.29) is 0 Å². The first-order valence-corrected chi connectivity index (χ1v) is 5.62. The van der Waals surface area contributed by atoms with Crippen LogP contribution in [0.1, 0.15) is 46.5 Å². The van der Waals surface area contributed by atoms with E-state index < -0.39 is 0 Å². The summed E-state index contributed by atoms with van der Waals surface area (Å²) >= 11 is 0. The summed E-state index contributed by atoms with van der Waals surface area (Å²) in [6, 6.07) is 0. The summed E-state index contributed by atoms with van der Waals surface area (Å²) in [6.45, 7) is 7.36. The second kappa shape index (κ2) is 1.76. The molecule has 0 bridgehead atoms. The average molecular weight is 164 g/mol. The molecule has 0 saturated heterocycles. The van der Waals surface area contributed by atoms with E-state index in [1.165, 1.54) is 6.42 Å². The standard InChI is InChI=1S/C12H20/c1-4-9-5-12(8(9)2)7-11(3)6-10(11)12/h8-10H,4-7H2,1-3H3. The molecule has 0 heterocycles. The second-order valence-corrected chi connectivity index (χ2v) is 5.98. The maximum absolute atomic E-state index is 2.51. The zero-order valence-electron chi connectivity index (χ0n) is 8.56. The van der Waals surface area contributed by atoms with Gasteiger partial charge in [0.25, 0.3) is 0 Å². The van der Waals surface area contributed by atoms with Crippen molar-refractivity contribution in [3.8, 4) is 0 Å². The lowest BCUT2D eigenvalue weighted by Crippen LogP contribution is -2.55. The van der Waals surface area contributed by atoms with Crippen LogP contribution in [-0.2, 0) is 0 Å². The zero-order chi connectivity index (χ0) is 8.56. The van der Waals surface area contributed by atoms with Crippen LogP contribution in [0.25, 0.3) is 0 Å². The van der Waals surface area contributed by atoms with Gasteiger partial charge in [0.05, 0.1) is 0 Å². The molecule has 0 radical (unpaired) electrons. The van der Waals surface area contributed by atoms with Crippen molar-refractivity contribution in [2.24, 2.45) is 28.6 Å². The third-order valence-electron chi connectivity index (χ3n) is 5.56. The summed E-state index contributed by atoms with van der Waals surface area (Å²) in [7, 11) is 0. The number of rotatable bonds is 1. The lowest BCUT2D eigenvalue weighted by molar-refractivity contribution is -0.132. The minimum atomic E-state index is 0.840. The number of hydrogen-bond donors (Lipinski definition) is 0. The van der Waals surface area contributed by atoms with Gasteiger partial charge in [0.2, 0.25) is 0 Å². The molecule has 68 valence electrons. The summed E-state index contributed by atoms with van der Waals surface area (Å²) in [4.78, 5) is 0. The fourth-order valence-corrected chi connectivity index (χ4v) is 4.59. The van der Waals surface area contributed by atoms with Gasteiger partial charge in [-0.1, -0.05) is 27.2 Å². The van der Waals surface area contributed by atoms with Crippen LogP contribution < -0.4 is 0 Å². The Labute approximate surface area is 75.7 Å². The molecule has 3 fully saturated rings. The van der Waals surface area contributed by atoms with E-state index in [1.807, 2.05) is 0 Å². The molecule has 3 aliphatic rings. The molecule has 3 rings (SSSR count). The monoisotopic (exact) mass is 164 g/mol. The highest BCUT2D eigenvalue weighted by atomic mass is 14.8. The maximum Gasteiger partial charge on any atom is -0.0227 e. The van der Waals surface area contributed by atoms with Crippen LogP contribution in [0.3, 0.4) is 0 Å². The molecule has 0 aromatic rings. The summed E-state index contributed by atoms with van der Waals surface area (Å²) < 4.78 is 0. The summed E-state index contributed by atoms with van der Waals surface area (Å²) in [5.41, 5.74) is 1.71. The Balaban J connectivity index is 1.74. The Morgan fingerprint density at radius 2 is 2.08 bits per heavy atom. The molecule has 12 heavy (non-hydrogen) atoms.